The van der Waals surface area contributed by atoms with Crippen molar-refractivity contribution in [1.29, 1.82) is 0 Å². The van der Waals surface area contributed by atoms with Crippen LogP contribution in [0.5, 0.6) is 0 Å². The number of hydrogen-bond donors (Lipinski definition) is 0. The first-order valence-electron chi connectivity index (χ1n) is 7.09. The van der Waals surface area contributed by atoms with E-state index in [1.165, 1.54) is 38.5 Å². The van der Waals surface area contributed by atoms with E-state index in [0.29, 0.717) is 6.04 Å². The minimum Gasteiger partial charge on any atom is -0.369 e. The third-order valence-corrected chi connectivity index (χ3v) is 4.10. The molecule has 2 aliphatic rings. The van der Waals surface area contributed by atoms with Crippen molar-refractivity contribution in [2.45, 2.75) is 64.5 Å². The Balaban J connectivity index is 1.87. The van der Waals surface area contributed by atoms with E-state index in [0.717, 1.165) is 12.5 Å². The van der Waals surface area contributed by atoms with Gasteiger partial charge in [0.15, 0.2) is 0 Å². The number of hydrogen-bond acceptors (Lipinski definition) is 2. The molecule has 98 valence electrons. The van der Waals surface area contributed by atoms with Crippen molar-refractivity contribution in [3.05, 3.63) is 0 Å². The maximum atomic E-state index is 12.1. The fraction of sp³-hybridized carbons (Fsp3) is 0.929. The van der Waals surface area contributed by atoms with Gasteiger partial charge in [-0.3, -0.25) is 4.79 Å². The van der Waals surface area contributed by atoms with Crippen LogP contribution in [0.25, 0.3) is 0 Å². The Kier molecular flexibility index (Phi) is 4.43. The standard InChI is InChI=1S/C14H25NO2/c1-11(2)17-10-14(16)15-9-5-8-13(15)12-6-3-4-7-12/h11-13H,3-10H2,1-2H3. The lowest BCUT2D eigenvalue weighted by Crippen LogP contribution is -2.41. The van der Waals surface area contributed by atoms with Crippen molar-refractivity contribution in [3.63, 3.8) is 0 Å². The zero-order chi connectivity index (χ0) is 12.3. The van der Waals surface area contributed by atoms with Crippen molar-refractivity contribution in [1.82, 2.24) is 4.90 Å². The van der Waals surface area contributed by atoms with Crippen molar-refractivity contribution in [2.75, 3.05) is 13.2 Å². The summed E-state index contributed by atoms with van der Waals surface area (Å²) in [6.45, 7) is 5.17. The predicted octanol–water partition coefficient (Wildman–Crippen LogP) is 2.59. The average molecular weight is 239 g/mol. The molecular weight excluding hydrogens is 214 g/mol. The Bertz CT molecular complexity index is 259. The van der Waals surface area contributed by atoms with Crippen molar-refractivity contribution < 1.29 is 9.53 Å². The molecule has 0 aromatic rings. The molecule has 1 atom stereocenters. The zero-order valence-corrected chi connectivity index (χ0v) is 11.2. The van der Waals surface area contributed by atoms with Crippen LogP contribution in [0, 0.1) is 5.92 Å². The lowest BCUT2D eigenvalue weighted by molar-refractivity contribution is -0.139. The van der Waals surface area contributed by atoms with Crippen LogP contribution in [0.4, 0.5) is 0 Å². The summed E-state index contributed by atoms with van der Waals surface area (Å²) >= 11 is 0. The Morgan fingerprint density at radius 3 is 2.59 bits per heavy atom. The number of nitrogens with zero attached hydrogens (tertiary/aromatic N) is 1. The summed E-state index contributed by atoms with van der Waals surface area (Å²) in [5.74, 6) is 0.966. The van der Waals surface area contributed by atoms with Gasteiger partial charge in [-0.1, -0.05) is 12.8 Å². The summed E-state index contributed by atoms with van der Waals surface area (Å²) in [5, 5.41) is 0. The monoisotopic (exact) mass is 239 g/mol. The lowest BCUT2D eigenvalue weighted by atomic mass is 9.96. The first-order valence-corrected chi connectivity index (χ1v) is 7.09. The smallest absolute Gasteiger partial charge is 0.248 e. The molecule has 1 saturated carbocycles. The molecule has 0 aromatic carbocycles. The maximum absolute atomic E-state index is 12.1. The van der Waals surface area contributed by atoms with E-state index in [1.54, 1.807) is 0 Å². The number of amides is 1. The van der Waals surface area contributed by atoms with E-state index in [2.05, 4.69) is 4.90 Å². The zero-order valence-electron chi connectivity index (χ0n) is 11.2. The Morgan fingerprint density at radius 2 is 1.94 bits per heavy atom. The van der Waals surface area contributed by atoms with E-state index < -0.39 is 0 Å². The van der Waals surface area contributed by atoms with Gasteiger partial charge >= 0.3 is 0 Å². The molecule has 0 bridgehead atoms. The molecule has 17 heavy (non-hydrogen) atoms. The molecular formula is C14H25NO2. The van der Waals surface area contributed by atoms with E-state index in [1.807, 2.05) is 13.8 Å². The van der Waals surface area contributed by atoms with Gasteiger partial charge in [0.1, 0.15) is 6.61 Å². The molecule has 0 radical (unpaired) electrons. The predicted molar refractivity (Wildman–Crippen MR) is 67.8 cm³/mol. The molecule has 1 aliphatic heterocycles. The summed E-state index contributed by atoms with van der Waals surface area (Å²) < 4.78 is 5.44. The Morgan fingerprint density at radius 1 is 1.24 bits per heavy atom. The van der Waals surface area contributed by atoms with Crippen LogP contribution in [-0.4, -0.2) is 36.1 Å². The molecule has 0 spiro atoms. The molecule has 2 fully saturated rings. The van der Waals surface area contributed by atoms with Gasteiger partial charge in [0.2, 0.25) is 5.91 Å². The third kappa shape index (κ3) is 3.21. The summed E-state index contributed by atoms with van der Waals surface area (Å²) in [6.07, 6.45) is 7.87. The SMILES string of the molecule is CC(C)OCC(=O)N1CCCC1C1CCCC1. The van der Waals surface area contributed by atoms with Gasteiger partial charge in [0.25, 0.3) is 0 Å². The van der Waals surface area contributed by atoms with Gasteiger partial charge in [-0.2, -0.15) is 0 Å². The number of ether oxygens (including phenoxy) is 1. The largest absolute Gasteiger partial charge is 0.369 e. The van der Waals surface area contributed by atoms with E-state index in [9.17, 15) is 4.79 Å². The quantitative estimate of drug-likeness (QED) is 0.754. The first-order chi connectivity index (χ1) is 8.18. The van der Waals surface area contributed by atoms with Crippen LogP contribution < -0.4 is 0 Å². The molecule has 2 rings (SSSR count). The van der Waals surface area contributed by atoms with E-state index in [-0.39, 0.29) is 18.6 Å². The molecule has 0 N–H and O–H groups in total. The second-order valence-electron chi connectivity index (χ2n) is 5.70. The van der Waals surface area contributed by atoms with Gasteiger partial charge < -0.3 is 9.64 Å². The molecule has 1 saturated heterocycles. The van der Waals surface area contributed by atoms with Gasteiger partial charge in [-0.05, 0) is 45.4 Å². The van der Waals surface area contributed by atoms with Crippen LogP contribution >= 0.6 is 0 Å². The van der Waals surface area contributed by atoms with Crippen LogP contribution in [0.2, 0.25) is 0 Å². The highest BCUT2D eigenvalue weighted by Gasteiger charge is 2.35. The van der Waals surface area contributed by atoms with Crippen molar-refractivity contribution >= 4 is 5.91 Å². The molecule has 1 heterocycles. The summed E-state index contributed by atoms with van der Waals surface area (Å²) in [4.78, 5) is 14.2. The number of carbonyl (C=O) groups excluding carboxylic acids is 1. The van der Waals surface area contributed by atoms with Crippen LogP contribution in [0.15, 0.2) is 0 Å². The van der Waals surface area contributed by atoms with Gasteiger partial charge in [-0.15, -0.1) is 0 Å². The second-order valence-corrected chi connectivity index (χ2v) is 5.70. The minimum absolute atomic E-state index is 0.145. The number of rotatable bonds is 4. The fourth-order valence-corrected chi connectivity index (χ4v) is 3.26. The summed E-state index contributed by atoms with van der Waals surface area (Å²) in [7, 11) is 0. The minimum atomic E-state index is 0.145. The third-order valence-electron chi connectivity index (χ3n) is 4.10. The molecule has 1 aliphatic carbocycles. The molecule has 3 nitrogen and oxygen atoms in total. The molecule has 3 heteroatoms. The lowest BCUT2D eigenvalue weighted by Gasteiger charge is -2.29. The summed E-state index contributed by atoms with van der Waals surface area (Å²) in [5.41, 5.74) is 0. The topological polar surface area (TPSA) is 29.5 Å². The number of carbonyl (C=O) groups is 1. The van der Waals surface area contributed by atoms with Gasteiger partial charge in [-0.25, -0.2) is 0 Å². The van der Waals surface area contributed by atoms with E-state index in [4.69, 9.17) is 4.74 Å². The second kappa shape index (κ2) is 5.85. The Hall–Kier alpha value is -0.570. The highest BCUT2D eigenvalue weighted by atomic mass is 16.5. The van der Waals surface area contributed by atoms with Crippen LogP contribution in [-0.2, 0) is 9.53 Å². The van der Waals surface area contributed by atoms with Crippen molar-refractivity contribution in [3.8, 4) is 0 Å². The molecule has 1 amide bonds. The Labute approximate surface area is 105 Å². The highest BCUT2D eigenvalue weighted by molar-refractivity contribution is 5.78. The van der Waals surface area contributed by atoms with Crippen molar-refractivity contribution in [2.24, 2.45) is 5.92 Å². The van der Waals surface area contributed by atoms with Gasteiger partial charge in [0.05, 0.1) is 6.10 Å². The highest BCUT2D eigenvalue weighted by Crippen LogP contribution is 2.35. The van der Waals surface area contributed by atoms with Crippen LogP contribution in [0.1, 0.15) is 52.4 Å². The van der Waals surface area contributed by atoms with Crippen LogP contribution in [0.3, 0.4) is 0 Å². The summed E-state index contributed by atoms with van der Waals surface area (Å²) in [6, 6.07) is 0.515. The fourth-order valence-electron chi connectivity index (χ4n) is 3.26. The average Bonchev–Trinajstić information content (AvgIpc) is 2.94. The molecule has 0 aromatic heterocycles. The normalized spacial score (nSPS) is 26.1. The van der Waals surface area contributed by atoms with Gasteiger partial charge in [0, 0.05) is 12.6 Å². The molecule has 1 unspecified atom stereocenters. The van der Waals surface area contributed by atoms with E-state index >= 15 is 0 Å². The number of likely N-dealkylation sites (tertiary alicyclic amines) is 1. The first kappa shape index (κ1) is 12.9. The maximum Gasteiger partial charge on any atom is 0.248 e.